The smallest absolute Gasteiger partial charge is 0.142 e. The van der Waals surface area contributed by atoms with E-state index in [0.29, 0.717) is 0 Å². The Bertz CT molecular complexity index is 1760. The first-order chi connectivity index (χ1) is 16.6. The van der Waals surface area contributed by atoms with Crippen molar-refractivity contribution in [3.63, 3.8) is 0 Å². The number of fused-ring (bicyclic) bond motifs is 6. The zero-order chi connectivity index (χ0) is 22.9. The number of hydrogen-bond acceptors (Lipinski definition) is 1. The van der Waals surface area contributed by atoms with Gasteiger partial charge >= 0.3 is 0 Å². The minimum absolute atomic E-state index is 0.122. The van der Waals surface area contributed by atoms with Gasteiger partial charge in [-0.05, 0) is 103 Å². The Morgan fingerprint density at radius 1 is 0.647 bits per heavy atom. The predicted octanol–water partition coefficient (Wildman–Crippen LogP) is 6.22. The molecule has 1 heterocycles. The average molecular weight is 489 g/mol. The van der Waals surface area contributed by atoms with Crippen LogP contribution in [0.25, 0.3) is 53.9 Å². The van der Waals surface area contributed by atoms with Gasteiger partial charge in [-0.3, -0.25) is 0 Å². The number of hydrogen-bond donors (Lipinski definition) is 0. The molecule has 7 rings (SSSR count). The summed E-state index contributed by atoms with van der Waals surface area (Å²) in [5, 5.41) is 13.4. The molecule has 34 heavy (non-hydrogen) atoms. The highest BCUT2D eigenvalue weighted by Crippen LogP contribution is 2.44. The van der Waals surface area contributed by atoms with Crippen molar-refractivity contribution in [2.24, 2.45) is 0 Å². The van der Waals surface area contributed by atoms with Crippen LogP contribution in [0.3, 0.4) is 0 Å². The third-order valence-corrected chi connectivity index (χ3v) is 27.7. The van der Waals surface area contributed by atoms with Crippen LogP contribution in [0.1, 0.15) is 12.5 Å². The van der Waals surface area contributed by atoms with Gasteiger partial charge in [0.25, 0.3) is 0 Å². The van der Waals surface area contributed by atoms with Crippen molar-refractivity contribution >= 4 is 80.0 Å². The van der Waals surface area contributed by atoms with Crippen molar-refractivity contribution in [1.29, 1.82) is 0 Å². The predicted molar refractivity (Wildman–Crippen MR) is 157 cm³/mol. The van der Waals surface area contributed by atoms with E-state index >= 15 is 0 Å². The highest BCUT2D eigenvalue weighted by molar-refractivity contribution is 7.34. The van der Waals surface area contributed by atoms with Crippen LogP contribution < -0.4 is 0 Å². The Labute approximate surface area is 205 Å². The minimum Gasteiger partial charge on any atom is -0.419 e. The van der Waals surface area contributed by atoms with Crippen molar-refractivity contribution in [3.8, 4) is 0 Å². The van der Waals surface area contributed by atoms with Gasteiger partial charge in [0.1, 0.15) is 9.28 Å². The summed E-state index contributed by atoms with van der Waals surface area (Å²) in [7, 11) is -0.752. The quantitative estimate of drug-likeness (QED) is 0.152. The number of benzene rings is 6. The summed E-state index contributed by atoms with van der Waals surface area (Å²) < 4.78 is 6.80. The zero-order valence-electron chi connectivity index (χ0n) is 19.8. The standard InChI is InChI=1S/C30H28OSi3/c1-30(18-34(2)33-32-31-30)29-25-10-6-5-9-21(25)16-28-26(29)12-11-22-15-23-13-19-7-3-4-8-20(19)14-24(23)17-27(22)28/h3-17,34H,18,32-33H2,1-2H3. The summed E-state index contributed by atoms with van der Waals surface area (Å²) in [6, 6.07) is 35.5. The Balaban J connectivity index is 1.60. The lowest BCUT2D eigenvalue weighted by Crippen LogP contribution is -2.44. The van der Waals surface area contributed by atoms with Gasteiger partial charge in [-0.1, -0.05) is 67.2 Å². The fourth-order valence-corrected chi connectivity index (χ4v) is 21.4. The molecule has 166 valence electrons. The molecule has 1 aliphatic rings. The van der Waals surface area contributed by atoms with Gasteiger partial charge in [0, 0.05) is 16.9 Å². The summed E-state index contributed by atoms with van der Waals surface area (Å²) in [5.41, 5.74) is 1.32. The van der Waals surface area contributed by atoms with E-state index in [0.717, 1.165) is 0 Å². The molecule has 6 aromatic rings. The molecule has 2 atom stereocenters. The maximum Gasteiger partial charge on any atom is 0.142 e. The molecule has 4 heteroatoms. The Hall–Kier alpha value is -2.77. The van der Waals surface area contributed by atoms with Crippen LogP contribution in [0, 0.1) is 0 Å². The molecule has 6 aromatic carbocycles. The van der Waals surface area contributed by atoms with Gasteiger partial charge in [0.05, 0.1) is 5.60 Å². The Morgan fingerprint density at radius 2 is 1.26 bits per heavy atom. The topological polar surface area (TPSA) is 9.23 Å². The first kappa shape index (κ1) is 20.6. The monoisotopic (exact) mass is 488 g/mol. The molecule has 1 fully saturated rings. The summed E-state index contributed by atoms with van der Waals surface area (Å²) in [6.45, 7) is 4.99. The van der Waals surface area contributed by atoms with Crippen molar-refractivity contribution < 1.29 is 4.43 Å². The van der Waals surface area contributed by atoms with Gasteiger partial charge in [-0.25, -0.2) is 0 Å². The molecular weight excluding hydrogens is 461 g/mol. The molecule has 0 amide bonds. The summed E-state index contributed by atoms with van der Waals surface area (Å²) >= 11 is 0. The lowest BCUT2D eigenvalue weighted by Gasteiger charge is -2.39. The lowest BCUT2D eigenvalue weighted by atomic mass is 9.85. The van der Waals surface area contributed by atoms with E-state index < -0.39 is 8.31 Å². The molecule has 0 aliphatic carbocycles. The van der Waals surface area contributed by atoms with E-state index in [2.05, 4.69) is 104 Å². The van der Waals surface area contributed by atoms with Gasteiger partial charge < -0.3 is 4.43 Å². The SMILES string of the molecule is C[SiH]1CC(C)(c2c3ccccc3cc3c2ccc2cc4cc5ccccc5cc4cc23)O[SiH2][SiH2]1. The lowest BCUT2D eigenvalue weighted by molar-refractivity contribution is 0.121. The van der Waals surface area contributed by atoms with Gasteiger partial charge in [0.15, 0.2) is 0 Å². The molecule has 0 saturated carbocycles. The largest absolute Gasteiger partial charge is 0.419 e. The Morgan fingerprint density at radius 3 is 2.03 bits per heavy atom. The van der Waals surface area contributed by atoms with Crippen molar-refractivity contribution in [1.82, 2.24) is 0 Å². The van der Waals surface area contributed by atoms with E-state index in [1.807, 2.05) is 0 Å². The normalized spacial score (nSPS) is 22.6. The highest BCUT2D eigenvalue weighted by Gasteiger charge is 2.36. The minimum atomic E-state index is -0.581. The maximum atomic E-state index is 6.80. The fourth-order valence-electron chi connectivity index (χ4n) is 6.37. The van der Waals surface area contributed by atoms with E-state index in [1.54, 1.807) is 0 Å². The Kier molecular flexibility index (Phi) is 4.61. The molecule has 0 spiro atoms. The second-order valence-electron chi connectivity index (χ2n) is 10.4. The second kappa shape index (κ2) is 7.62. The molecule has 2 unspecified atom stereocenters. The van der Waals surface area contributed by atoms with Crippen LogP contribution in [-0.4, -0.2) is 26.1 Å². The molecule has 0 bridgehead atoms. The van der Waals surface area contributed by atoms with Crippen LogP contribution in [0.5, 0.6) is 0 Å². The van der Waals surface area contributed by atoms with Gasteiger partial charge in [-0.2, -0.15) is 0 Å². The summed E-state index contributed by atoms with van der Waals surface area (Å²) in [5.74, 6) is 0. The number of rotatable bonds is 1. The summed E-state index contributed by atoms with van der Waals surface area (Å²) in [6.07, 6.45) is 0. The molecule has 0 aromatic heterocycles. The van der Waals surface area contributed by atoms with E-state index in [-0.39, 0.29) is 23.4 Å². The first-order valence-corrected chi connectivity index (χ1v) is 22.3. The van der Waals surface area contributed by atoms with Crippen LogP contribution in [0.2, 0.25) is 12.6 Å². The second-order valence-corrected chi connectivity index (χ2v) is 26.7. The molecule has 0 radical (unpaired) electrons. The van der Waals surface area contributed by atoms with E-state index in [4.69, 9.17) is 4.43 Å². The van der Waals surface area contributed by atoms with Crippen LogP contribution in [-0.2, 0) is 10.0 Å². The molecular formula is C30H28OSi3. The highest BCUT2D eigenvalue weighted by atomic mass is 29.5. The average Bonchev–Trinajstić information content (AvgIpc) is 2.84. The molecule has 0 N–H and O–H groups in total. The van der Waals surface area contributed by atoms with Crippen molar-refractivity contribution in [2.45, 2.75) is 25.1 Å². The molecule has 1 saturated heterocycles. The molecule has 1 nitrogen and oxygen atoms in total. The fraction of sp³-hybridized carbons (Fsp3) is 0.133. The van der Waals surface area contributed by atoms with Crippen molar-refractivity contribution in [2.75, 3.05) is 0 Å². The first-order valence-electron chi connectivity index (χ1n) is 12.4. The van der Waals surface area contributed by atoms with E-state index in [1.165, 1.54) is 65.5 Å². The van der Waals surface area contributed by atoms with Crippen LogP contribution in [0.4, 0.5) is 0 Å². The van der Waals surface area contributed by atoms with Gasteiger partial charge in [0.2, 0.25) is 0 Å². The van der Waals surface area contributed by atoms with Crippen molar-refractivity contribution in [3.05, 3.63) is 96.6 Å². The van der Waals surface area contributed by atoms with Crippen LogP contribution in [0.15, 0.2) is 91.0 Å². The summed E-state index contributed by atoms with van der Waals surface area (Å²) in [4.78, 5) is 0. The van der Waals surface area contributed by atoms with E-state index in [9.17, 15) is 0 Å². The third kappa shape index (κ3) is 3.13. The zero-order valence-corrected chi connectivity index (χ0v) is 23.8. The van der Waals surface area contributed by atoms with Gasteiger partial charge in [-0.15, -0.1) is 0 Å². The maximum absolute atomic E-state index is 6.80. The molecule has 1 aliphatic heterocycles. The third-order valence-electron chi connectivity index (χ3n) is 7.98. The van der Waals surface area contributed by atoms with Crippen LogP contribution >= 0.6 is 0 Å².